The van der Waals surface area contributed by atoms with Crippen molar-refractivity contribution < 1.29 is 9.90 Å². The van der Waals surface area contributed by atoms with Gasteiger partial charge in [-0.15, -0.1) is 0 Å². The molecule has 1 radical (unpaired) electrons. The molecule has 1 N–H and O–H groups in total. The lowest BCUT2D eigenvalue weighted by molar-refractivity contribution is -0.156. The number of rotatable bonds is 1. The van der Waals surface area contributed by atoms with E-state index >= 15 is 0 Å². The summed E-state index contributed by atoms with van der Waals surface area (Å²) in [5.74, 6) is -0.370. The molecular weight excluding hydrogens is 176 g/mol. The Bertz CT molecular complexity index is 227. The lowest BCUT2D eigenvalue weighted by Gasteiger charge is -2.45. The predicted octanol–water partition coefficient (Wildman–Crippen LogP) is 3.13. The molecule has 2 nitrogen and oxygen atoms in total. The van der Waals surface area contributed by atoms with Gasteiger partial charge in [0.1, 0.15) is 0 Å². The molecule has 0 aromatic heterocycles. The molecule has 14 heavy (non-hydrogen) atoms. The van der Waals surface area contributed by atoms with Crippen LogP contribution in [0.4, 0.5) is 0 Å². The molecule has 0 aromatic rings. The van der Waals surface area contributed by atoms with Gasteiger partial charge >= 0.3 is 5.97 Å². The molecule has 0 spiro atoms. The Kier molecular flexibility index (Phi) is 2.93. The van der Waals surface area contributed by atoms with Crippen molar-refractivity contribution in [1.29, 1.82) is 0 Å². The van der Waals surface area contributed by atoms with Crippen molar-refractivity contribution >= 4 is 5.97 Å². The summed E-state index contributed by atoms with van der Waals surface area (Å²) in [5.41, 5.74) is -0.474. The Hall–Kier alpha value is -0.530. The lowest BCUT2D eigenvalue weighted by atomic mass is 9.58. The zero-order chi connectivity index (χ0) is 11.0. The van der Waals surface area contributed by atoms with Crippen LogP contribution < -0.4 is 0 Å². The van der Waals surface area contributed by atoms with Gasteiger partial charge in [0, 0.05) is 0 Å². The summed E-state index contributed by atoms with van der Waals surface area (Å²) in [4.78, 5) is 11.3. The SMILES string of the molecule is CC(C)(C)C1CC[CH]CC1(C)C(=O)O. The minimum atomic E-state index is -0.645. The summed E-state index contributed by atoms with van der Waals surface area (Å²) < 4.78 is 0. The van der Waals surface area contributed by atoms with Crippen molar-refractivity contribution in [2.45, 2.75) is 47.0 Å². The smallest absolute Gasteiger partial charge is 0.309 e. The van der Waals surface area contributed by atoms with Crippen LogP contribution in [0.3, 0.4) is 0 Å². The number of carboxylic acids is 1. The number of hydrogen-bond donors (Lipinski definition) is 1. The van der Waals surface area contributed by atoms with Gasteiger partial charge in [0.15, 0.2) is 0 Å². The first-order valence-electron chi connectivity index (χ1n) is 5.33. The van der Waals surface area contributed by atoms with E-state index < -0.39 is 11.4 Å². The molecule has 0 amide bonds. The molecule has 0 aromatic carbocycles. The van der Waals surface area contributed by atoms with Crippen LogP contribution >= 0.6 is 0 Å². The number of hydrogen-bond acceptors (Lipinski definition) is 1. The highest BCUT2D eigenvalue weighted by molar-refractivity contribution is 5.75. The number of carboxylic acid groups (broad SMARTS) is 1. The Labute approximate surface area is 86.7 Å². The van der Waals surface area contributed by atoms with E-state index in [1.54, 1.807) is 0 Å². The topological polar surface area (TPSA) is 37.3 Å². The van der Waals surface area contributed by atoms with Gasteiger partial charge in [-0.2, -0.15) is 0 Å². The monoisotopic (exact) mass is 197 g/mol. The first-order chi connectivity index (χ1) is 6.28. The maximum atomic E-state index is 11.3. The Morgan fingerprint density at radius 1 is 1.50 bits per heavy atom. The number of carbonyl (C=O) groups is 1. The highest BCUT2D eigenvalue weighted by Gasteiger charge is 2.47. The van der Waals surface area contributed by atoms with Gasteiger partial charge in [-0.25, -0.2) is 0 Å². The van der Waals surface area contributed by atoms with Gasteiger partial charge in [-0.1, -0.05) is 20.8 Å². The fraction of sp³-hybridized carbons (Fsp3) is 0.833. The number of aliphatic carboxylic acids is 1. The molecule has 0 bridgehead atoms. The van der Waals surface area contributed by atoms with E-state index in [-0.39, 0.29) is 11.3 Å². The second-order valence-corrected chi connectivity index (χ2v) is 5.71. The third-order valence-corrected chi connectivity index (χ3v) is 3.53. The maximum absolute atomic E-state index is 11.3. The molecule has 1 fully saturated rings. The Morgan fingerprint density at radius 3 is 2.43 bits per heavy atom. The molecule has 2 heteroatoms. The van der Waals surface area contributed by atoms with Crippen LogP contribution in [0.2, 0.25) is 0 Å². The molecule has 2 unspecified atom stereocenters. The third kappa shape index (κ3) is 1.94. The van der Waals surface area contributed by atoms with Gasteiger partial charge in [0.2, 0.25) is 0 Å². The third-order valence-electron chi connectivity index (χ3n) is 3.53. The predicted molar refractivity (Wildman–Crippen MR) is 56.8 cm³/mol. The molecule has 0 saturated heterocycles. The van der Waals surface area contributed by atoms with Gasteiger partial charge in [-0.05, 0) is 43.9 Å². The van der Waals surface area contributed by atoms with Crippen molar-refractivity contribution in [3.63, 3.8) is 0 Å². The van der Waals surface area contributed by atoms with Crippen LogP contribution in [0.25, 0.3) is 0 Å². The van der Waals surface area contributed by atoms with Gasteiger partial charge in [0.25, 0.3) is 0 Å². The van der Waals surface area contributed by atoms with Crippen molar-refractivity contribution in [2.24, 2.45) is 16.7 Å². The molecular formula is C12H21O2. The largest absolute Gasteiger partial charge is 0.481 e. The van der Waals surface area contributed by atoms with Crippen LogP contribution in [0.15, 0.2) is 0 Å². The second-order valence-electron chi connectivity index (χ2n) is 5.71. The zero-order valence-corrected chi connectivity index (χ0v) is 9.63. The van der Waals surface area contributed by atoms with Gasteiger partial charge in [-0.3, -0.25) is 4.79 Å². The van der Waals surface area contributed by atoms with E-state index in [9.17, 15) is 9.90 Å². The fourth-order valence-electron chi connectivity index (χ4n) is 2.77. The van der Waals surface area contributed by atoms with E-state index in [1.807, 2.05) is 6.92 Å². The molecule has 1 saturated carbocycles. The van der Waals surface area contributed by atoms with Crippen LogP contribution in [-0.2, 0) is 4.79 Å². The summed E-state index contributed by atoms with van der Waals surface area (Å²) in [6, 6.07) is 0. The summed E-state index contributed by atoms with van der Waals surface area (Å²) >= 11 is 0. The summed E-state index contributed by atoms with van der Waals surface area (Å²) in [7, 11) is 0. The normalized spacial score (nSPS) is 34.1. The Balaban J connectivity index is 2.95. The van der Waals surface area contributed by atoms with Crippen molar-refractivity contribution in [2.75, 3.05) is 0 Å². The first-order valence-corrected chi connectivity index (χ1v) is 5.33. The first kappa shape index (κ1) is 11.5. The van der Waals surface area contributed by atoms with Crippen LogP contribution in [0.1, 0.15) is 47.0 Å². The lowest BCUT2D eigenvalue weighted by Crippen LogP contribution is -2.44. The average molecular weight is 197 g/mol. The van der Waals surface area contributed by atoms with E-state index in [4.69, 9.17) is 0 Å². The fourth-order valence-corrected chi connectivity index (χ4v) is 2.77. The maximum Gasteiger partial charge on any atom is 0.309 e. The van der Waals surface area contributed by atoms with Gasteiger partial charge in [0.05, 0.1) is 5.41 Å². The van der Waals surface area contributed by atoms with Crippen molar-refractivity contribution in [3.8, 4) is 0 Å². The molecule has 1 aliphatic carbocycles. The summed E-state index contributed by atoms with van der Waals surface area (Å²) in [6.45, 7) is 8.32. The van der Waals surface area contributed by atoms with Crippen molar-refractivity contribution in [3.05, 3.63) is 6.42 Å². The van der Waals surface area contributed by atoms with Crippen LogP contribution in [-0.4, -0.2) is 11.1 Å². The molecule has 1 aliphatic rings. The molecule has 81 valence electrons. The van der Waals surface area contributed by atoms with E-state index in [0.717, 1.165) is 12.8 Å². The molecule has 1 rings (SSSR count). The molecule has 0 aliphatic heterocycles. The van der Waals surface area contributed by atoms with Crippen LogP contribution in [0.5, 0.6) is 0 Å². The summed E-state index contributed by atoms with van der Waals surface area (Å²) in [5, 5.41) is 9.31. The molecule has 2 atom stereocenters. The van der Waals surface area contributed by atoms with Gasteiger partial charge < -0.3 is 5.11 Å². The summed E-state index contributed by atoms with van der Waals surface area (Å²) in [6.07, 6.45) is 4.90. The quantitative estimate of drug-likeness (QED) is 0.701. The highest BCUT2D eigenvalue weighted by atomic mass is 16.4. The van der Waals surface area contributed by atoms with E-state index in [0.29, 0.717) is 6.42 Å². The van der Waals surface area contributed by atoms with Crippen LogP contribution in [0, 0.1) is 23.2 Å². The second kappa shape index (κ2) is 3.56. The highest BCUT2D eigenvalue weighted by Crippen LogP contribution is 2.49. The standard InChI is InChI=1S/C12H21O2/c1-11(2,3)9-7-5-6-8-12(9,4)10(13)14/h6,9H,5,7-8H2,1-4H3,(H,13,14). The zero-order valence-electron chi connectivity index (χ0n) is 9.63. The molecule has 0 heterocycles. The van der Waals surface area contributed by atoms with E-state index in [2.05, 4.69) is 27.2 Å². The Morgan fingerprint density at radius 2 is 2.07 bits per heavy atom. The minimum Gasteiger partial charge on any atom is -0.481 e. The van der Waals surface area contributed by atoms with Crippen molar-refractivity contribution in [1.82, 2.24) is 0 Å². The average Bonchev–Trinajstić information content (AvgIpc) is 2.02. The minimum absolute atomic E-state index is 0.0847. The van der Waals surface area contributed by atoms with E-state index in [1.165, 1.54) is 0 Å².